The number of fused-ring (bicyclic) bond motifs is 10. The highest BCUT2D eigenvalue weighted by atomic mass is 15.3. The first-order valence-corrected chi connectivity index (χ1v) is 26.2. The molecule has 1 aliphatic carbocycles. The van der Waals surface area contributed by atoms with Gasteiger partial charge in [0.1, 0.15) is 0 Å². The summed E-state index contributed by atoms with van der Waals surface area (Å²) in [5.74, 6) is 0.644. The van der Waals surface area contributed by atoms with Crippen LogP contribution in [-0.4, -0.2) is 9.97 Å². The Bertz CT molecular complexity index is 3690. The highest BCUT2D eigenvalue weighted by Gasteiger charge is 2.26. The van der Waals surface area contributed by atoms with Crippen molar-refractivity contribution in [3.05, 3.63) is 309 Å². The number of aromatic nitrogens is 2. The van der Waals surface area contributed by atoms with Gasteiger partial charge in [-0.05, 0) is 152 Å². The molecule has 1 aromatic heterocycles. The normalized spacial score (nSPS) is 14.1. The summed E-state index contributed by atoms with van der Waals surface area (Å²) in [6.45, 7) is 0. The number of hydrogen-bond donors (Lipinski definition) is 0. The van der Waals surface area contributed by atoms with Crippen LogP contribution in [0, 0.1) is 0 Å². The fourth-order valence-electron chi connectivity index (χ4n) is 10.6. The number of hydrogen-bond acceptors (Lipinski definition) is 7. The van der Waals surface area contributed by atoms with Gasteiger partial charge in [0.2, 0.25) is 5.95 Å². The van der Waals surface area contributed by atoms with E-state index in [0.717, 1.165) is 103 Å². The lowest BCUT2D eigenvalue weighted by Crippen LogP contribution is -2.18. The molecule has 0 amide bonds. The van der Waals surface area contributed by atoms with Crippen molar-refractivity contribution in [3.8, 4) is 11.3 Å². The third kappa shape index (κ3) is 9.50. The van der Waals surface area contributed by atoms with Crippen LogP contribution in [0.4, 0.5) is 85.6 Å². The molecular formula is C70H53N7. The largest absolute Gasteiger partial charge is 0.310 e. The fourth-order valence-corrected chi connectivity index (χ4v) is 10.6. The predicted molar refractivity (Wildman–Crippen MR) is 320 cm³/mol. The molecule has 368 valence electrons. The Morgan fingerprint density at radius 2 is 0.571 bits per heavy atom. The lowest BCUT2D eigenvalue weighted by molar-refractivity contribution is 0.807. The minimum absolute atomic E-state index is 0.0738. The average molecular weight is 992 g/mol. The van der Waals surface area contributed by atoms with Gasteiger partial charge in [-0.1, -0.05) is 158 Å². The molecule has 7 nitrogen and oxygen atoms in total. The zero-order valence-electron chi connectivity index (χ0n) is 42.3. The summed E-state index contributed by atoms with van der Waals surface area (Å²) in [7, 11) is 0. The molecule has 13 rings (SSSR count). The molecule has 1 unspecified atom stereocenters. The van der Waals surface area contributed by atoms with Crippen LogP contribution in [0.3, 0.4) is 0 Å². The summed E-state index contributed by atoms with van der Waals surface area (Å²) >= 11 is 0. The predicted octanol–water partition coefficient (Wildman–Crippen LogP) is 19.4. The van der Waals surface area contributed by atoms with Crippen LogP contribution in [-0.2, 0) is 0 Å². The number of nitrogens with zero attached hydrogens (tertiary/aromatic N) is 7. The highest BCUT2D eigenvalue weighted by Crippen LogP contribution is 2.47. The average Bonchev–Trinajstić information content (AvgIpc) is 3.51. The molecule has 10 aromatic carbocycles. The van der Waals surface area contributed by atoms with E-state index in [4.69, 9.17) is 9.97 Å². The first-order chi connectivity index (χ1) is 38.2. The minimum Gasteiger partial charge on any atom is -0.310 e. The molecule has 7 heteroatoms. The molecule has 10 bridgehead atoms. The monoisotopic (exact) mass is 991 g/mol. The Morgan fingerprint density at radius 3 is 0.883 bits per heavy atom. The van der Waals surface area contributed by atoms with Gasteiger partial charge >= 0.3 is 0 Å². The maximum atomic E-state index is 5.56. The molecule has 0 saturated carbocycles. The Morgan fingerprint density at radius 1 is 0.273 bits per heavy atom. The van der Waals surface area contributed by atoms with Crippen molar-refractivity contribution < 1.29 is 0 Å². The number of para-hydroxylation sites is 4. The van der Waals surface area contributed by atoms with Gasteiger partial charge in [-0.2, -0.15) is 0 Å². The number of anilines is 15. The number of allylic oxidation sites excluding steroid dienone is 4. The molecule has 1 aliphatic heterocycles. The van der Waals surface area contributed by atoms with Crippen molar-refractivity contribution in [2.75, 3.05) is 24.5 Å². The van der Waals surface area contributed by atoms with Crippen LogP contribution >= 0.6 is 0 Å². The van der Waals surface area contributed by atoms with Gasteiger partial charge in [0.15, 0.2) is 0 Å². The number of rotatable bonds is 7. The first-order valence-electron chi connectivity index (χ1n) is 26.2. The summed E-state index contributed by atoms with van der Waals surface area (Å²) in [5, 5.41) is 0. The van der Waals surface area contributed by atoms with Gasteiger partial charge in [-0.3, -0.25) is 4.90 Å². The van der Waals surface area contributed by atoms with Gasteiger partial charge < -0.3 is 19.6 Å². The zero-order valence-corrected chi connectivity index (χ0v) is 42.3. The molecule has 11 aromatic rings. The van der Waals surface area contributed by atoms with Crippen molar-refractivity contribution in [3.63, 3.8) is 0 Å². The van der Waals surface area contributed by atoms with E-state index >= 15 is 0 Å². The summed E-state index contributed by atoms with van der Waals surface area (Å²) in [6.07, 6.45) is 9.55. The lowest BCUT2D eigenvalue weighted by Gasteiger charge is -2.32. The Labute approximate surface area is 450 Å². The summed E-state index contributed by atoms with van der Waals surface area (Å²) < 4.78 is 0. The molecule has 77 heavy (non-hydrogen) atoms. The SMILES string of the molecule is C1=CCC(c2cc(-c3ccccc3)nc(N3c4cccc(c4)N(c4ccccc4)c4cccc(c4)N(c4ccccc4)c4cccc(c4)N(c4ccccc4)c4cccc(c4)N(c4ccccc4)c4cccc3c4)n2)C=C1. The molecule has 2 aliphatic rings. The third-order valence-corrected chi connectivity index (χ3v) is 14.2. The molecule has 0 fully saturated rings. The van der Waals surface area contributed by atoms with Gasteiger partial charge in [0, 0.05) is 79.7 Å². The first kappa shape index (κ1) is 46.5. The molecule has 0 spiro atoms. The molecule has 0 saturated heterocycles. The van der Waals surface area contributed by atoms with Crippen LogP contribution in [0.1, 0.15) is 18.0 Å². The summed E-state index contributed by atoms with van der Waals surface area (Å²) in [6, 6.07) is 99.2. The smallest absolute Gasteiger partial charge is 0.235 e. The van der Waals surface area contributed by atoms with Crippen LogP contribution in [0.25, 0.3) is 11.3 Å². The molecule has 2 heterocycles. The zero-order chi connectivity index (χ0) is 51.3. The van der Waals surface area contributed by atoms with Crippen molar-refractivity contribution >= 4 is 85.6 Å². The van der Waals surface area contributed by atoms with Crippen LogP contribution in [0.2, 0.25) is 0 Å². The van der Waals surface area contributed by atoms with E-state index in [1.165, 1.54) is 0 Å². The second kappa shape index (κ2) is 20.9. The quantitative estimate of drug-likeness (QED) is 0.158. The topological polar surface area (TPSA) is 42.0 Å². The Balaban J connectivity index is 1.10. The minimum atomic E-state index is 0.0738. The fraction of sp³-hybridized carbons (Fsp3) is 0.0286. The van der Waals surface area contributed by atoms with Gasteiger partial charge in [0.25, 0.3) is 0 Å². The molecule has 1 atom stereocenters. The maximum absolute atomic E-state index is 5.56. The molecular weight excluding hydrogens is 939 g/mol. The van der Waals surface area contributed by atoms with Crippen LogP contribution < -0.4 is 24.5 Å². The van der Waals surface area contributed by atoms with Gasteiger partial charge in [0.05, 0.1) is 22.8 Å². The van der Waals surface area contributed by atoms with E-state index in [1.54, 1.807) is 0 Å². The van der Waals surface area contributed by atoms with Gasteiger partial charge in [-0.15, -0.1) is 0 Å². The Hall–Kier alpha value is -10.2. The van der Waals surface area contributed by atoms with Crippen molar-refractivity contribution in [1.82, 2.24) is 9.97 Å². The maximum Gasteiger partial charge on any atom is 0.235 e. The van der Waals surface area contributed by atoms with E-state index in [-0.39, 0.29) is 5.92 Å². The number of benzene rings is 10. The third-order valence-electron chi connectivity index (χ3n) is 14.2. The van der Waals surface area contributed by atoms with Crippen molar-refractivity contribution in [2.24, 2.45) is 0 Å². The van der Waals surface area contributed by atoms with Crippen molar-refractivity contribution in [1.29, 1.82) is 0 Å². The van der Waals surface area contributed by atoms with Gasteiger partial charge in [-0.25, -0.2) is 9.97 Å². The van der Waals surface area contributed by atoms with Crippen LogP contribution in [0.15, 0.2) is 303 Å². The van der Waals surface area contributed by atoms with Crippen molar-refractivity contribution in [2.45, 2.75) is 12.3 Å². The second-order valence-electron chi connectivity index (χ2n) is 19.1. The van der Waals surface area contributed by atoms with E-state index in [1.807, 2.05) is 0 Å². The lowest BCUT2D eigenvalue weighted by atomic mass is 9.96. The summed E-state index contributed by atoms with van der Waals surface area (Å²) in [5.41, 5.74) is 16.7. The standard InChI is InChI=1S/C70H53N7/c1-7-24-52(25-8-1)68-51-69(53-26-9-2-10-27-53)72-70(71-68)77-66-44-22-42-64(49-66)75(56-32-15-5-16-33-56)62-40-20-38-60(47-62)73(54-28-11-3-12-29-54)58-36-19-37-59(46-58)74(55-30-13-4-14-31-55)61-39-21-41-63(48-61)76(57-34-17-6-18-35-57)65-43-23-45-67(77)50-65/h1-26,28-51,53H,27H2. The van der Waals surface area contributed by atoms with E-state index in [9.17, 15) is 0 Å². The summed E-state index contributed by atoms with van der Waals surface area (Å²) in [4.78, 5) is 22.7. The molecule has 0 N–H and O–H groups in total. The molecule has 0 radical (unpaired) electrons. The Kier molecular flexibility index (Phi) is 12.7. The van der Waals surface area contributed by atoms with E-state index in [2.05, 4.69) is 328 Å². The highest BCUT2D eigenvalue weighted by molar-refractivity contribution is 5.90. The van der Waals surface area contributed by atoms with Crippen LogP contribution in [0.5, 0.6) is 0 Å². The second-order valence-corrected chi connectivity index (χ2v) is 19.1. The van der Waals surface area contributed by atoms with E-state index < -0.39 is 0 Å². The van der Waals surface area contributed by atoms with E-state index in [0.29, 0.717) is 5.95 Å².